The number of halogens is 1. The van der Waals surface area contributed by atoms with Crippen LogP contribution in [-0.4, -0.2) is 5.11 Å². The fraction of sp³-hybridized carbons (Fsp3) is 0. The minimum atomic E-state index is 0.278. The van der Waals surface area contributed by atoms with Gasteiger partial charge in [-0.25, -0.2) is 0 Å². The van der Waals surface area contributed by atoms with Crippen LogP contribution in [-0.2, 0) is 0 Å². The zero-order chi connectivity index (χ0) is 9.42. The second-order valence-corrected chi connectivity index (χ2v) is 3.79. The molecule has 1 aromatic rings. The second kappa shape index (κ2) is 3.06. The van der Waals surface area contributed by atoms with Gasteiger partial charge in [0.15, 0.2) is 0 Å². The average Bonchev–Trinajstić information content (AvgIpc) is 2.12. The molecule has 0 unspecified atom stereocenters. The highest BCUT2D eigenvalue weighted by Gasteiger charge is 2.13. The van der Waals surface area contributed by atoms with Gasteiger partial charge >= 0.3 is 0 Å². The smallest absolute Gasteiger partial charge is 0.135 e. The van der Waals surface area contributed by atoms with Crippen molar-refractivity contribution in [2.45, 2.75) is 0 Å². The number of ether oxygens (including phenoxy) is 1. The Balaban J connectivity index is 2.63. The van der Waals surface area contributed by atoms with Crippen molar-refractivity contribution in [2.24, 2.45) is 0 Å². The monoisotopic (exact) mass is 286 g/mol. The van der Waals surface area contributed by atoms with E-state index in [1.165, 1.54) is 0 Å². The third kappa shape index (κ3) is 1.44. The molecule has 1 heterocycles. The summed E-state index contributed by atoms with van der Waals surface area (Å²) in [6.07, 6.45) is 3.67. The molecule has 0 saturated heterocycles. The largest absolute Gasteiger partial charge is 0.507 e. The highest BCUT2D eigenvalue weighted by molar-refractivity contribution is 14.1. The van der Waals surface area contributed by atoms with Crippen LogP contribution in [0.2, 0.25) is 0 Å². The van der Waals surface area contributed by atoms with Gasteiger partial charge in [-0.2, -0.15) is 0 Å². The first-order chi connectivity index (χ1) is 6.18. The molecule has 1 aliphatic heterocycles. The number of benzene rings is 1. The number of fused-ring (bicyclic) bond motifs is 1. The fourth-order valence-corrected chi connectivity index (χ4v) is 1.78. The van der Waals surface area contributed by atoms with Crippen LogP contribution < -0.4 is 4.74 Å². The SMILES string of the molecule is C=C1C=Cc2c(ccc(O)c2I)O1. The van der Waals surface area contributed by atoms with Crippen molar-refractivity contribution in [1.82, 2.24) is 0 Å². The summed E-state index contributed by atoms with van der Waals surface area (Å²) in [5.41, 5.74) is 0.910. The maximum atomic E-state index is 9.42. The molecular formula is C10H7IO2. The van der Waals surface area contributed by atoms with E-state index in [9.17, 15) is 5.11 Å². The highest BCUT2D eigenvalue weighted by atomic mass is 127. The molecule has 0 atom stereocenters. The molecule has 0 bridgehead atoms. The molecule has 0 amide bonds. The minimum absolute atomic E-state index is 0.278. The van der Waals surface area contributed by atoms with E-state index in [0.29, 0.717) is 5.76 Å². The third-order valence-corrected chi connectivity index (χ3v) is 2.93. The number of phenols is 1. The first kappa shape index (κ1) is 8.62. The molecule has 66 valence electrons. The Morgan fingerprint density at radius 1 is 1.31 bits per heavy atom. The van der Waals surface area contributed by atoms with Gasteiger partial charge in [0.1, 0.15) is 17.3 Å². The number of hydrogen-bond acceptors (Lipinski definition) is 2. The van der Waals surface area contributed by atoms with Crippen molar-refractivity contribution < 1.29 is 9.84 Å². The summed E-state index contributed by atoms with van der Waals surface area (Å²) >= 11 is 2.08. The van der Waals surface area contributed by atoms with Crippen molar-refractivity contribution in [1.29, 1.82) is 0 Å². The van der Waals surface area contributed by atoms with E-state index in [1.54, 1.807) is 18.2 Å². The van der Waals surface area contributed by atoms with Crippen molar-refractivity contribution in [3.8, 4) is 11.5 Å². The maximum absolute atomic E-state index is 9.42. The Bertz CT molecular complexity index is 408. The molecule has 2 rings (SSSR count). The standard InChI is InChI=1S/C10H7IO2/c1-6-2-3-7-9(13-6)5-4-8(12)10(7)11/h2-5,12H,1H2. The Kier molecular flexibility index (Phi) is 2.03. The van der Waals surface area contributed by atoms with Crippen LogP contribution in [0.25, 0.3) is 6.08 Å². The highest BCUT2D eigenvalue weighted by Crippen LogP contribution is 2.35. The summed E-state index contributed by atoms with van der Waals surface area (Å²) in [6.45, 7) is 3.69. The zero-order valence-corrected chi connectivity index (χ0v) is 8.91. The van der Waals surface area contributed by atoms with Crippen LogP contribution in [0, 0.1) is 3.57 Å². The van der Waals surface area contributed by atoms with Crippen molar-refractivity contribution in [2.75, 3.05) is 0 Å². The van der Waals surface area contributed by atoms with Crippen LogP contribution >= 0.6 is 22.6 Å². The molecule has 1 aromatic carbocycles. The molecule has 0 fully saturated rings. The molecule has 1 N–H and O–H groups in total. The van der Waals surface area contributed by atoms with Gasteiger partial charge in [-0.05, 0) is 46.9 Å². The molecule has 3 heteroatoms. The van der Waals surface area contributed by atoms with Crippen molar-refractivity contribution in [3.05, 3.63) is 39.7 Å². The van der Waals surface area contributed by atoms with E-state index < -0.39 is 0 Å². The van der Waals surface area contributed by atoms with E-state index in [0.717, 1.165) is 14.9 Å². The lowest BCUT2D eigenvalue weighted by Gasteiger charge is -2.15. The first-order valence-electron chi connectivity index (χ1n) is 3.75. The summed E-state index contributed by atoms with van der Waals surface area (Å²) < 4.78 is 6.17. The van der Waals surface area contributed by atoms with E-state index in [1.807, 2.05) is 6.08 Å². The summed E-state index contributed by atoms with van der Waals surface area (Å²) in [4.78, 5) is 0. The molecule has 0 saturated carbocycles. The Hall–Kier alpha value is -0.970. The molecule has 13 heavy (non-hydrogen) atoms. The third-order valence-electron chi connectivity index (χ3n) is 1.80. The molecule has 0 aliphatic carbocycles. The van der Waals surface area contributed by atoms with Gasteiger partial charge in [-0.15, -0.1) is 0 Å². The molecule has 0 aromatic heterocycles. The maximum Gasteiger partial charge on any atom is 0.135 e. The number of aromatic hydroxyl groups is 1. The van der Waals surface area contributed by atoms with Gasteiger partial charge in [-0.1, -0.05) is 6.58 Å². The molecule has 0 radical (unpaired) electrons. The van der Waals surface area contributed by atoms with Crippen LogP contribution in [0.4, 0.5) is 0 Å². The van der Waals surface area contributed by atoms with Gasteiger partial charge in [0.05, 0.1) is 3.57 Å². The Morgan fingerprint density at radius 2 is 2.08 bits per heavy atom. The van der Waals surface area contributed by atoms with Crippen LogP contribution in [0.15, 0.2) is 30.5 Å². The van der Waals surface area contributed by atoms with Gasteiger partial charge in [-0.3, -0.25) is 0 Å². The fourth-order valence-electron chi connectivity index (χ4n) is 1.16. The second-order valence-electron chi connectivity index (χ2n) is 2.71. The Labute approximate surface area is 89.7 Å². The zero-order valence-electron chi connectivity index (χ0n) is 6.75. The Morgan fingerprint density at radius 3 is 2.85 bits per heavy atom. The quantitative estimate of drug-likeness (QED) is 0.743. The normalized spacial score (nSPS) is 13.8. The van der Waals surface area contributed by atoms with E-state index in [4.69, 9.17) is 4.74 Å². The summed E-state index contributed by atoms with van der Waals surface area (Å²) in [7, 11) is 0. The molecular weight excluding hydrogens is 279 g/mol. The van der Waals surface area contributed by atoms with E-state index in [2.05, 4.69) is 29.2 Å². The molecule has 1 aliphatic rings. The molecule has 2 nitrogen and oxygen atoms in total. The van der Waals surface area contributed by atoms with E-state index >= 15 is 0 Å². The summed E-state index contributed by atoms with van der Waals surface area (Å²) in [5, 5.41) is 9.42. The number of hydrogen-bond donors (Lipinski definition) is 1. The first-order valence-corrected chi connectivity index (χ1v) is 4.82. The van der Waals surface area contributed by atoms with E-state index in [-0.39, 0.29) is 5.75 Å². The summed E-state index contributed by atoms with van der Waals surface area (Å²) in [5.74, 6) is 1.64. The lowest BCUT2D eigenvalue weighted by Crippen LogP contribution is -1.98. The van der Waals surface area contributed by atoms with Crippen LogP contribution in [0.5, 0.6) is 11.5 Å². The number of rotatable bonds is 0. The van der Waals surface area contributed by atoms with Crippen LogP contribution in [0.3, 0.4) is 0 Å². The van der Waals surface area contributed by atoms with Crippen LogP contribution in [0.1, 0.15) is 5.56 Å². The van der Waals surface area contributed by atoms with Gasteiger partial charge < -0.3 is 9.84 Å². The van der Waals surface area contributed by atoms with Gasteiger partial charge in [0.25, 0.3) is 0 Å². The van der Waals surface area contributed by atoms with Crippen molar-refractivity contribution >= 4 is 28.7 Å². The average molecular weight is 286 g/mol. The number of allylic oxidation sites excluding steroid dienone is 1. The van der Waals surface area contributed by atoms with Crippen molar-refractivity contribution in [3.63, 3.8) is 0 Å². The number of phenolic OH excluding ortho intramolecular Hbond substituents is 1. The minimum Gasteiger partial charge on any atom is -0.507 e. The topological polar surface area (TPSA) is 29.5 Å². The molecule has 0 spiro atoms. The van der Waals surface area contributed by atoms with Gasteiger partial charge in [0.2, 0.25) is 0 Å². The lowest BCUT2D eigenvalue weighted by atomic mass is 10.1. The predicted molar refractivity (Wildman–Crippen MR) is 59.6 cm³/mol. The predicted octanol–water partition coefficient (Wildman–Crippen LogP) is 2.92. The lowest BCUT2D eigenvalue weighted by molar-refractivity contribution is 0.435. The summed E-state index contributed by atoms with van der Waals surface area (Å²) in [6, 6.07) is 3.36. The van der Waals surface area contributed by atoms with Gasteiger partial charge in [0, 0.05) is 5.56 Å².